The van der Waals surface area contributed by atoms with Crippen molar-refractivity contribution in [3.05, 3.63) is 75.0 Å². The van der Waals surface area contributed by atoms with Gasteiger partial charge in [0.15, 0.2) is 10.6 Å². The molecule has 0 aliphatic heterocycles. The lowest BCUT2D eigenvalue weighted by atomic mass is 10.0. The number of halogens is 1. The Hall–Kier alpha value is -2.48. The summed E-state index contributed by atoms with van der Waals surface area (Å²) in [5.41, 5.74) is 5.72. The summed E-state index contributed by atoms with van der Waals surface area (Å²) in [6, 6.07) is 12.4. The number of hydrogen-bond donors (Lipinski definition) is 1. The average molecular weight is 459 g/mol. The van der Waals surface area contributed by atoms with Gasteiger partial charge in [-0.3, -0.25) is 5.41 Å². The van der Waals surface area contributed by atoms with Crippen LogP contribution in [-0.2, 0) is 13.0 Å². The van der Waals surface area contributed by atoms with E-state index in [-0.39, 0.29) is 12.4 Å². The highest BCUT2D eigenvalue weighted by atomic mass is 35.5. The van der Waals surface area contributed by atoms with Gasteiger partial charge >= 0.3 is 0 Å². The molecule has 0 aliphatic rings. The van der Waals surface area contributed by atoms with E-state index in [9.17, 15) is 0 Å². The first-order valence-electron chi connectivity index (χ1n) is 9.37. The molecule has 5 nitrogen and oxygen atoms in total. The third kappa shape index (κ3) is 4.98. The molecule has 30 heavy (non-hydrogen) atoms. The van der Waals surface area contributed by atoms with Crippen LogP contribution in [0.1, 0.15) is 22.3 Å². The van der Waals surface area contributed by atoms with Gasteiger partial charge in [-0.15, -0.1) is 23.7 Å². The Bertz CT molecular complexity index is 1190. The van der Waals surface area contributed by atoms with Gasteiger partial charge in [0.05, 0.1) is 0 Å². The van der Waals surface area contributed by atoms with Gasteiger partial charge in [-0.25, -0.2) is 0 Å². The molecule has 0 saturated heterocycles. The minimum Gasteiger partial charge on any atom is -0.430 e. The first-order chi connectivity index (χ1) is 14.0. The molecule has 0 bridgehead atoms. The molecule has 8 heteroatoms. The molecule has 0 spiro atoms. The fourth-order valence-corrected chi connectivity index (χ4v) is 4.30. The molecule has 2 aromatic carbocycles. The van der Waals surface area contributed by atoms with Gasteiger partial charge in [0, 0.05) is 35.2 Å². The number of thiazole rings is 1. The number of hydrogen-bond acceptors (Lipinski definition) is 6. The van der Waals surface area contributed by atoms with Crippen molar-refractivity contribution in [1.82, 2.24) is 13.9 Å². The van der Waals surface area contributed by atoms with Crippen LogP contribution in [0.2, 0.25) is 0 Å². The second-order valence-electron chi connectivity index (χ2n) is 7.05. The first-order valence-corrected chi connectivity index (χ1v) is 11.0. The molecule has 0 saturated carbocycles. The van der Waals surface area contributed by atoms with Crippen molar-refractivity contribution in [1.29, 1.82) is 5.41 Å². The van der Waals surface area contributed by atoms with Gasteiger partial charge in [-0.2, -0.15) is 9.36 Å². The van der Waals surface area contributed by atoms with Crippen molar-refractivity contribution < 1.29 is 4.74 Å². The quantitative estimate of drug-likeness (QED) is 0.389. The fourth-order valence-electron chi connectivity index (χ4n) is 3.11. The van der Waals surface area contributed by atoms with Gasteiger partial charge in [-0.1, -0.05) is 35.9 Å². The Balaban J connectivity index is 0.00000256. The van der Waals surface area contributed by atoms with E-state index < -0.39 is 0 Å². The number of aryl methyl sites for hydroxylation is 5. The number of benzene rings is 2. The maximum Gasteiger partial charge on any atom is 0.299 e. The second-order valence-corrected chi connectivity index (χ2v) is 8.66. The summed E-state index contributed by atoms with van der Waals surface area (Å²) in [5, 5.41) is 10.4. The highest BCUT2D eigenvalue weighted by Gasteiger charge is 2.12. The van der Waals surface area contributed by atoms with Crippen LogP contribution in [0.4, 0.5) is 0 Å². The number of nitrogens with zero attached hydrogens (tertiary/aromatic N) is 3. The van der Waals surface area contributed by atoms with Crippen LogP contribution in [0.25, 0.3) is 11.4 Å². The molecule has 2 aromatic heterocycles. The molecular weight excluding hydrogens is 436 g/mol. The number of rotatable bonds is 6. The number of nitrogens with one attached hydrogen (secondary N) is 1. The third-order valence-electron chi connectivity index (χ3n) is 4.85. The Morgan fingerprint density at radius 3 is 2.53 bits per heavy atom. The fraction of sp³-hybridized carbons (Fsp3) is 0.227. The Kier molecular flexibility index (Phi) is 7.07. The second kappa shape index (κ2) is 9.55. The van der Waals surface area contributed by atoms with Crippen molar-refractivity contribution in [2.45, 2.75) is 33.7 Å². The van der Waals surface area contributed by atoms with Gasteiger partial charge in [0.25, 0.3) is 5.19 Å². The molecule has 0 amide bonds. The lowest BCUT2D eigenvalue weighted by Crippen LogP contribution is -2.14. The maximum atomic E-state index is 7.90. The van der Waals surface area contributed by atoms with Gasteiger partial charge in [0.1, 0.15) is 5.75 Å². The number of ether oxygens (including phenoxy) is 1. The Morgan fingerprint density at radius 1 is 1.07 bits per heavy atom. The smallest absolute Gasteiger partial charge is 0.299 e. The molecule has 0 unspecified atom stereocenters. The summed E-state index contributed by atoms with van der Waals surface area (Å²) in [5.74, 6) is 1.50. The molecule has 0 fully saturated rings. The van der Waals surface area contributed by atoms with Crippen molar-refractivity contribution in [3.8, 4) is 22.3 Å². The molecule has 0 radical (unpaired) electrons. The predicted octanol–water partition coefficient (Wildman–Crippen LogP) is 5.93. The summed E-state index contributed by atoms with van der Waals surface area (Å²) in [6.45, 7) is 7.01. The first kappa shape index (κ1) is 22.2. The van der Waals surface area contributed by atoms with E-state index in [1.54, 1.807) is 0 Å². The SMILES string of the molecule is Cc1ccc(-c2nsc(Oc3cc(C)c(CCn4ccsc4=N)cc3C)n2)cc1.Cl. The van der Waals surface area contributed by atoms with Crippen LogP contribution in [0.15, 0.2) is 48.0 Å². The minimum atomic E-state index is 0. The number of aromatic nitrogens is 3. The minimum absolute atomic E-state index is 0. The zero-order valence-corrected chi connectivity index (χ0v) is 19.5. The van der Waals surface area contributed by atoms with Crippen molar-refractivity contribution in [2.75, 3.05) is 0 Å². The van der Waals surface area contributed by atoms with E-state index in [0.717, 1.165) is 29.8 Å². The van der Waals surface area contributed by atoms with E-state index in [0.29, 0.717) is 15.8 Å². The van der Waals surface area contributed by atoms with Crippen LogP contribution in [0.5, 0.6) is 10.9 Å². The van der Waals surface area contributed by atoms with E-state index >= 15 is 0 Å². The highest BCUT2D eigenvalue weighted by Crippen LogP contribution is 2.31. The van der Waals surface area contributed by atoms with Crippen LogP contribution < -0.4 is 9.54 Å². The van der Waals surface area contributed by atoms with Crippen LogP contribution >= 0.6 is 35.3 Å². The molecule has 0 aliphatic carbocycles. The van der Waals surface area contributed by atoms with Crippen LogP contribution in [0, 0.1) is 26.2 Å². The molecule has 1 N–H and O–H groups in total. The molecular formula is C22H23ClN4OS2. The van der Waals surface area contributed by atoms with E-state index in [2.05, 4.69) is 47.5 Å². The van der Waals surface area contributed by atoms with E-state index in [1.165, 1.54) is 39.6 Å². The zero-order valence-electron chi connectivity index (χ0n) is 17.0. The predicted molar refractivity (Wildman–Crippen MR) is 125 cm³/mol. The average Bonchev–Trinajstić information content (AvgIpc) is 3.33. The van der Waals surface area contributed by atoms with Gasteiger partial charge in [0.2, 0.25) is 0 Å². The molecule has 0 atom stereocenters. The Labute approximate surface area is 190 Å². The third-order valence-corrected chi connectivity index (χ3v) is 6.16. The lowest BCUT2D eigenvalue weighted by Gasteiger charge is -2.12. The van der Waals surface area contributed by atoms with Crippen LogP contribution in [-0.4, -0.2) is 13.9 Å². The van der Waals surface area contributed by atoms with Crippen molar-refractivity contribution in [2.24, 2.45) is 0 Å². The zero-order chi connectivity index (χ0) is 20.4. The molecule has 4 aromatic rings. The maximum absolute atomic E-state index is 7.90. The molecule has 4 rings (SSSR count). The standard InChI is InChI=1S/C22H22N4OS2.ClH/c1-14-4-6-17(7-5-14)20-24-22(29-25-20)27-19-13-15(2)18(12-16(19)3)8-9-26-10-11-28-21(26)23;/h4-7,10-13,23H,8-9H2,1-3H3;1H. The normalized spacial score (nSPS) is 10.6. The summed E-state index contributed by atoms with van der Waals surface area (Å²) in [4.78, 5) is 5.12. The summed E-state index contributed by atoms with van der Waals surface area (Å²) in [6.07, 6.45) is 2.85. The van der Waals surface area contributed by atoms with E-state index in [4.69, 9.17) is 10.1 Å². The topological polar surface area (TPSA) is 63.8 Å². The summed E-state index contributed by atoms with van der Waals surface area (Å²) in [7, 11) is 0. The summed E-state index contributed by atoms with van der Waals surface area (Å²) >= 11 is 2.72. The van der Waals surface area contributed by atoms with Crippen molar-refractivity contribution >= 4 is 35.3 Å². The monoisotopic (exact) mass is 458 g/mol. The highest BCUT2D eigenvalue weighted by molar-refractivity contribution is 7.07. The van der Waals surface area contributed by atoms with Gasteiger partial charge < -0.3 is 9.30 Å². The van der Waals surface area contributed by atoms with Gasteiger partial charge in [-0.05, 0) is 49.9 Å². The van der Waals surface area contributed by atoms with Crippen LogP contribution in [0.3, 0.4) is 0 Å². The molecule has 2 heterocycles. The summed E-state index contributed by atoms with van der Waals surface area (Å²) < 4.78 is 12.5. The lowest BCUT2D eigenvalue weighted by molar-refractivity contribution is 0.475. The van der Waals surface area contributed by atoms with E-state index in [1.807, 2.05) is 35.2 Å². The van der Waals surface area contributed by atoms with Crippen molar-refractivity contribution in [3.63, 3.8) is 0 Å². The Morgan fingerprint density at radius 2 is 1.83 bits per heavy atom. The largest absolute Gasteiger partial charge is 0.430 e. The molecule has 156 valence electrons.